The summed E-state index contributed by atoms with van der Waals surface area (Å²) in [6.45, 7) is 0. The molecule has 1 N–H and O–H groups in total. The highest BCUT2D eigenvalue weighted by Gasteiger charge is 2.08. The van der Waals surface area contributed by atoms with Crippen LogP contribution in [0.2, 0.25) is 0 Å². The van der Waals surface area contributed by atoms with Gasteiger partial charge in [-0.1, -0.05) is 0 Å². The van der Waals surface area contributed by atoms with Crippen LogP contribution >= 0.6 is 22.6 Å². The summed E-state index contributed by atoms with van der Waals surface area (Å²) < 4.78 is 6.18. The van der Waals surface area contributed by atoms with Gasteiger partial charge in [-0.05, 0) is 77.5 Å². The molecule has 0 radical (unpaired) electrons. The van der Waals surface area contributed by atoms with Crippen LogP contribution in [-0.2, 0) is 4.79 Å². The molecular formula is C18H18INO3. The maximum absolute atomic E-state index is 12.0. The van der Waals surface area contributed by atoms with Crippen molar-refractivity contribution in [2.24, 2.45) is 0 Å². The number of Topliss-reactive ketones (excluding diaryl/α,β-unsaturated/α-hetero) is 1. The fraction of sp³-hybridized carbons (Fsp3) is 0.222. The molecule has 0 aliphatic heterocycles. The number of methoxy groups -OCH3 is 1. The fourth-order valence-corrected chi connectivity index (χ4v) is 2.45. The van der Waals surface area contributed by atoms with Crippen LogP contribution in [0.1, 0.15) is 29.6 Å². The van der Waals surface area contributed by atoms with Crippen molar-refractivity contribution in [1.82, 2.24) is 0 Å². The predicted molar refractivity (Wildman–Crippen MR) is 99.0 cm³/mol. The average Bonchev–Trinajstić information content (AvgIpc) is 2.57. The van der Waals surface area contributed by atoms with Gasteiger partial charge in [0.05, 0.1) is 7.11 Å². The summed E-state index contributed by atoms with van der Waals surface area (Å²) in [5.74, 6) is 0.682. The number of hydrogen-bond donors (Lipinski definition) is 1. The minimum Gasteiger partial charge on any atom is -0.497 e. The molecule has 23 heavy (non-hydrogen) atoms. The zero-order valence-corrected chi connectivity index (χ0v) is 15.0. The van der Waals surface area contributed by atoms with Crippen LogP contribution in [0.5, 0.6) is 5.75 Å². The minimum absolute atomic E-state index is 0.0368. The second-order valence-corrected chi connectivity index (χ2v) is 6.31. The summed E-state index contributed by atoms with van der Waals surface area (Å²) in [4.78, 5) is 23.9. The van der Waals surface area contributed by atoms with Crippen LogP contribution in [-0.4, -0.2) is 18.8 Å². The Balaban J connectivity index is 1.76. The van der Waals surface area contributed by atoms with Crippen LogP contribution in [0.25, 0.3) is 0 Å². The van der Waals surface area contributed by atoms with E-state index in [1.165, 1.54) is 0 Å². The number of rotatable bonds is 7. The first kappa shape index (κ1) is 17.5. The van der Waals surface area contributed by atoms with Crippen molar-refractivity contribution in [3.63, 3.8) is 0 Å². The van der Waals surface area contributed by atoms with E-state index in [-0.39, 0.29) is 11.7 Å². The minimum atomic E-state index is -0.0752. The molecule has 2 aromatic carbocycles. The molecule has 4 nitrogen and oxygen atoms in total. The van der Waals surface area contributed by atoms with E-state index in [4.69, 9.17) is 4.74 Å². The van der Waals surface area contributed by atoms with Gasteiger partial charge in [0.25, 0.3) is 0 Å². The Morgan fingerprint density at radius 3 is 2.26 bits per heavy atom. The summed E-state index contributed by atoms with van der Waals surface area (Å²) in [6, 6.07) is 14.6. The fourth-order valence-electron chi connectivity index (χ4n) is 2.09. The van der Waals surface area contributed by atoms with Crippen molar-refractivity contribution in [3.8, 4) is 5.75 Å². The number of carbonyl (C=O) groups excluding carboxylic acids is 2. The first-order valence-electron chi connectivity index (χ1n) is 7.31. The number of carbonyl (C=O) groups is 2. The Labute approximate surface area is 149 Å². The molecule has 0 aliphatic rings. The Kier molecular flexibility index (Phi) is 6.58. The largest absolute Gasteiger partial charge is 0.497 e. The van der Waals surface area contributed by atoms with Crippen molar-refractivity contribution < 1.29 is 14.3 Å². The van der Waals surface area contributed by atoms with Gasteiger partial charge in [0, 0.05) is 27.7 Å². The number of anilines is 1. The molecule has 0 fully saturated rings. The lowest BCUT2D eigenvalue weighted by Crippen LogP contribution is -2.12. The first-order valence-corrected chi connectivity index (χ1v) is 8.39. The number of amides is 1. The molecule has 0 bridgehead atoms. The summed E-state index contributed by atoms with van der Waals surface area (Å²) in [7, 11) is 1.59. The van der Waals surface area contributed by atoms with E-state index in [0.717, 1.165) is 15.0 Å². The average molecular weight is 423 g/mol. The maximum Gasteiger partial charge on any atom is 0.224 e. The molecule has 0 aromatic heterocycles. The molecule has 2 aromatic rings. The van der Waals surface area contributed by atoms with Gasteiger partial charge in [0.15, 0.2) is 5.78 Å². The van der Waals surface area contributed by atoms with E-state index in [1.54, 1.807) is 31.4 Å². The molecule has 5 heteroatoms. The van der Waals surface area contributed by atoms with Gasteiger partial charge >= 0.3 is 0 Å². The summed E-state index contributed by atoms with van der Waals surface area (Å²) in [5, 5.41) is 2.83. The molecule has 0 atom stereocenters. The second-order valence-electron chi connectivity index (χ2n) is 5.06. The smallest absolute Gasteiger partial charge is 0.224 e. The van der Waals surface area contributed by atoms with E-state index in [2.05, 4.69) is 27.9 Å². The number of hydrogen-bond acceptors (Lipinski definition) is 3. The molecule has 2 rings (SSSR count). The zero-order valence-electron chi connectivity index (χ0n) is 12.8. The Morgan fingerprint density at radius 1 is 1.00 bits per heavy atom. The molecule has 0 heterocycles. The Morgan fingerprint density at radius 2 is 1.65 bits per heavy atom. The number of ether oxygens (including phenoxy) is 1. The maximum atomic E-state index is 12.0. The third-order valence-electron chi connectivity index (χ3n) is 3.35. The second kappa shape index (κ2) is 8.67. The van der Waals surface area contributed by atoms with Crippen LogP contribution in [0.3, 0.4) is 0 Å². The van der Waals surface area contributed by atoms with Crippen LogP contribution < -0.4 is 10.1 Å². The molecular weight excluding hydrogens is 405 g/mol. The molecule has 0 spiro atoms. The summed E-state index contributed by atoms with van der Waals surface area (Å²) in [6.07, 6.45) is 1.21. The monoisotopic (exact) mass is 423 g/mol. The van der Waals surface area contributed by atoms with E-state index < -0.39 is 0 Å². The van der Waals surface area contributed by atoms with E-state index in [9.17, 15) is 9.59 Å². The highest BCUT2D eigenvalue weighted by atomic mass is 127. The molecule has 1 amide bonds. The predicted octanol–water partition coefficient (Wildman–Crippen LogP) is 4.29. The van der Waals surface area contributed by atoms with E-state index >= 15 is 0 Å². The topological polar surface area (TPSA) is 55.4 Å². The molecule has 0 saturated carbocycles. The number of halogens is 1. The first-order chi connectivity index (χ1) is 11.1. The third kappa shape index (κ3) is 5.67. The molecule has 0 unspecified atom stereocenters. The number of benzene rings is 2. The number of ketones is 1. The van der Waals surface area contributed by atoms with Crippen molar-refractivity contribution in [1.29, 1.82) is 0 Å². The van der Waals surface area contributed by atoms with E-state index in [1.807, 2.05) is 24.3 Å². The molecule has 0 saturated heterocycles. The summed E-state index contributed by atoms with van der Waals surface area (Å²) in [5.41, 5.74) is 1.42. The highest BCUT2D eigenvalue weighted by molar-refractivity contribution is 14.1. The quantitative estimate of drug-likeness (QED) is 0.534. The number of nitrogens with one attached hydrogen (secondary N) is 1. The normalized spacial score (nSPS) is 10.2. The van der Waals surface area contributed by atoms with Crippen LogP contribution in [0.15, 0.2) is 48.5 Å². The molecule has 0 aliphatic carbocycles. The SMILES string of the molecule is COc1ccc(C(=O)CCCC(=O)Nc2ccc(I)cc2)cc1. The van der Waals surface area contributed by atoms with Crippen molar-refractivity contribution >= 4 is 40.0 Å². The van der Waals surface area contributed by atoms with Crippen LogP contribution in [0.4, 0.5) is 5.69 Å². The van der Waals surface area contributed by atoms with E-state index in [0.29, 0.717) is 24.8 Å². The third-order valence-corrected chi connectivity index (χ3v) is 4.07. The van der Waals surface area contributed by atoms with Crippen molar-refractivity contribution in [2.45, 2.75) is 19.3 Å². The van der Waals surface area contributed by atoms with Crippen molar-refractivity contribution in [2.75, 3.05) is 12.4 Å². The van der Waals surface area contributed by atoms with Crippen LogP contribution in [0, 0.1) is 3.57 Å². The van der Waals surface area contributed by atoms with Crippen molar-refractivity contribution in [3.05, 3.63) is 57.7 Å². The lowest BCUT2D eigenvalue weighted by Gasteiger charge is -2.06. The van der Waals surface area contributed by atoms with Gasteiger partial charge in [-0.2, -0.15) is 0 Å². The Bertz CT molecular complexity index is 666. The van der Waals surface area contributed by atoms with Gasteiger partial charge in [-0.3, -0.25) is 9.59 Å². The highest BCUT2D eigenvalue weighted by Crippen LogP contribution is 2.15. The van der Waals surface area contributed by atoms with Gasteiger partial charge in [0.1, 0.15) is 5.75 Å². The van der Waals surface area contributed by atoms with Gasteiger partial charge < -0.3 is 10.1 Å². The standard InChI is InChI=1S/C18H18INO3/c1-23-16-11-5-13(6-12-16)17(21)3-2-4-18(22)20-15-9-7-14(19)8-10-15/h5-12H,2-4H2,1H3,(H,20,22). The lowest BCUT2D eigenvalue weighted by atomic mass is 10.1. The molecule has 120 valence electrons. The zero-order chi connectivity index (χ0) is 16.7. The van der Waals surface area contributed by atoms with Gasteiger partial charge in [0.2, 0.25) is 5.91 Å². The van der Waals surface area contributed by atoms with Gasteiger partial charge in [-0.15, -0.1) is 0 Å². The Hall–Kier alpha value is -1.89. The van der Waals surface area contributed by atoms with Gasteiger partial charge in [-0.25, -0.2) is 0 Å². The lowest BCUT2D eigenvalue weighted by molar-refractivity contribution is -0.116. The summed E-state index contributed by atoms with van der Waals surface area (Å²) >= 11 is 2.21.